The standard InChI is InChI=1S/C16H27NSSi/c1-5-13(12-19(2,3)4)11-15(17-14-8-9-14)16-7-6-10-18-16/h5-7,10,14-15,17H,8-9,11-12H2,1-4H3/b13-5+. The van der Waals surface area contributed by atoms with Crippen molar-refractivity contribution in [2.75, 3.05) is 0 Å². The van der Waals surface area contributed by atoms with Crippen LogP contribution >= 0.6 is 11.3 Å². The molecule has 0 bridgehead atoms. The highest BCUT2D eigenvalue weighted by Crippen LogP contribution is 2.32. The first-order chi connectivity index (χ1) is 8.98. The third-order valence-corrected chi connectivity index (χ3v) is 6.03. The minimum Gasteiger partial charge on any atom is -0.306 e. The normalized spacial score (nSPS) is 18.6. The second-order valence-corrected chi connectivity index (χ2v) is 13.4. The first-order valence-electron chi connectivity index (χ1n) is 7.41. The number of nitrogens with one attached hydrogen (secondary N) is 1. The maximum Gasteiger partial charge on any atom is 0.0483 e. The Kier molecular flexibility index (Phi) is 5.04. The van der Waals surface area contributed by atoms with E-state index < -0.39 is 8.07 Å². The van der Waals surface area contributed by atoms with Crippen LogP contribution in [0, 0.1) is 0 Å². The number of rotatable bonds is 7. The molecule has 1 aliphatic rings. The van der Waals surface area contributed by atoms with Crippen molar-refractivity contribution in [2.24, 2.45) is 0 Å². The van der Waals surface area contributed by atoms with Crippen molar-refractivity contribution >= 4 is 19.4 Å². The lowest BCUT2D eigenvalue weighted by atomic mass is 10.1. The van der Waals surface area contributed by atoms with Crippen LogP contribution in [0.15, 0.2) is 29.2 Å². The lowest BCUT2D eigenvalue weighted by molar-refractivity contribution is 0.532. The van der Waals surface area contributed by atoms with Crippen molar-refractivity contribution in [3.8, 4) is 0 Å². The Morgan fingerprint density at radius 2 is 2.21 bits per heavy atom. The van der Waals surface area contributed by atoms with Gasteiger partial charge in [0.25, 0.3) is 0 Å². The summed E-state index contributed by atoms with van der Waals surface area (Å²) in [6.45, 7) is 9.60. The van der Waals surface area contributed by atoms with Gasteiger partial charge in [0.15, 0.2) is 0 Å². The smallest absolute Gasteiger partial charge is 0.0483 e. The van der Waals surface area contributed by atoms with E-state index in [0.717, 1.165) is 6.04 Å². The zero-order valence-electron chi connectivity index (χ0n) is 12.7. The molecule has 1 saturated carbocycles. The van der Waals surface area contributed by atoms with Crippen LogP contribution in [0.2, 0.25) is 25.7 Å². The predicted octanol–water partition coefficient (Wildman–Crippen LogP) is 5.22. The lowest BCUT2D eigenvalue weighted by Gasteiger charge is -2.23. The van der Waals surface area contributed by atoms with E-state index in [1.54, 1.807) is 5.57 Å². The van der Waals surface area contributed by atoms with E-state index in [0.29, 0.717) is 6.04 Å². The quantitative estimate of drug-likeness (QED) is 0.537. The summed E-state index contributed by atoms with van der Waals surface area (Å²) in [7, 11) is -1.01. The number of allylic oxidation sites excluding steroid dienone is 1. The Bertz CT molecular complexity index is 412. The van der Waals surface area contributed by atoms with Crippen LogP contribution in [0.25, 0.3) is 0 Å². The summed E-state index contributed by atoms with van der Waals surface area (Å²) in [5.41, 5.74) is 1.64. The molecule has 0 saturated heterocycles. The Labute approximate surface area is 123 Å². The molecule has 0 radical (unpaired) electrons. The van der Waals surface area contributed by atoms with Gasteiger partial charge in [0.1, 0.15) is 0 Å². The van der Waals surface area contributed by atoms with E-state index in [-0.39, 0.29) is 0 Å². The molecule has 3 heteroatoms. The molecule has 1 fully saturated rings. The molecule has 1 N–H and O–H groups in total. The first-order valence-corrected chi connectivity index (χ1v) is 12.0. The monoisotopic (exact) mass is 293 g/mol. The third kappa shape index (κ3) is 5.25. The Morgan fingerprint density at radius 1 is 1.47 bits per heavy atom. The van der Waals surface area contributed by atoms with Crippen molar-refractivity contribution in [3.05, 3.63) is 34.0 Å². The molecule has 19 heavy (non-hydrogen) atoms. The van der Waals surface area contributed by atoms with Gasteiger partial charge in [0.05, 0.1) is 0 Å². The summed E-state index contributed by atoms with van der Waals surface area (Å²) < 4.78 is 0. The predicted molar refractivity (Wildman–Crippen MR) is 89.7 cm³/mol. The summed E-state index contributed by atoms with van der Waals surface area (Å²) in [5, 5.41) is 6.03. The van der Waals surface area contributed by atoms with Crippen molar-refractivity contribution < 1.29 is 0 Å². The average molecular weight is 294 g/mol. The van der Waals surface area contributed by atoms with E-state index in [9.17, 15) is 0 Å². The average Bonchev–Trinajstić information content (AvgIpc) is 2.97. The topological polar surface area (TPSA) is 12.0 Å². The molecule has 106 valence electrons. The zero-order valence-corrected chi connectivity index (χ0v) is 14.5. The van der Waals surface area contributed by atoms with Crippen LogP contribution in [0.5, 0.6) is 0 Å². The van der Waals surface area contributed by atoms with Gasteiger partial charge in [-0.05, 0) is 43.7 Å². The van der Waals surface area contributed by atoms with E-state index >= 15 is 0 Å². The summed E-state index contributed by atoms with van der Waals surface area (Å²) >= 11 is 1.89. The molecule has 0 amide bonds. The molecule has 1 aromatic rings. The van der Waals surface area contributed by atoms with Gasteiger partial charge in [0, 0.05) is 25.0 Å². The van der Waals surface area contributed by atoms with Crippen LogP contribution in [-0.4, -0.2) is 14.1 Å². The first kappa shape index (κ1) is 15.0. The fourth-order valence-electron chi connectivity index (χ4n) is 2.50. The number of hydrogen-bond donors (Lipinski definition) is 1. The molecular weight excluding hydrogens is 266 g/mol. The van der Waals surface area contributed by atoms with Crippen molar-refractivity contribution in [2.45, 2.75) is 64.0 Å². The number of hydrogen-bond acceptors (Lipinski definition) is 2. The van der Waals surface area contributed by atoms with E-state index in [1.165, 1.54) is 30.2 Å². The fourth-order valence-corrected chi connectivity index (χ4v) is 5.00. The lowest BCUT2D eigenvalue weighted by Crippen LogP contribution is -2.25. The summed E-state index contributed by atoms with van der Waals surface area (Å²) in [5.74, 6) is 0. The van der Waals surface area contributed by atoms with Crippen molar-refractivity contribution in [1.29, 1.82) is 0 Å². The maximum absolute atomic E-state index is 3.83. The molecule has 0 aliphatic heterocycles. The molecule has 1 nitrogen and oxygen atoms in total. The third-order valence-electron chi connectivity index (χ3n) is 3.53. The molecular formula is C16H27NSSi. The van der Waals surface area contributed by atoms with E-state index in [1.807, 2.05) is 11.3 Å². The van der Waals surface area contributed by atoms with Crippen LogP contribution in [-0.2, 0) is 0 Å². The van der Waals surface area contributed by atoms with Gasteiger partial charge in [-0.2, -0.15) is 0 Å². The number of thiophene rings is 1. The Hall–Kier alpha value is -0.383. The van der Waals surface area contributed by atoms with Gasteiger partial charge < -0.3 is 5.32 Å². The minimum atomic E-state index is -1.01. The van der Waals surface area contributed by atoms with Crippen LogP contribution in [0.3, 0.4) is 0 Å². The highest BCUT2D eigenvalue weighted by atomic mass is 32.1. The summed E-state index contributed by atoms with van der Waals surface area (Å²) in [6.07, 6.45) is 6.27. The van der Waals surface area contributed by atoms with E-state index in [2.05, 4.69) is 55.5 Å². The van der Waals surface area contributed by atoms with Gasteiger partial charge in [-0.15, -0.1) is 11.3 Å². The van der Waals surface area contributed by atoms with Crippen molar-refractivity contribution in [3.63, 3.8) is 0 Å². The van der Waals surface area contributed by atoms with Crippen LogP contribution in [0.1, 0.15) is 37.1 Å². The second kappa shape index (κ2) is 6.38. The van der Waals surface area contributed by atoms with E-state index in [4.69, 9.17) is 0 Å². The zero-order chi connectivity index (χ0) is 13.9. The van der Waals surface area contributed by atoms with Gasteiger partial charge in [0.2, 0.25) is 0 Å². The largest absolute Gasteiger partial charge is 0.306 e. The summed E-state index contributed by atoms with van der Waals surface area (Å²) in [6, 6.07) is 7.10. The van der Waals surface area contributed by atoms with Gasteiger partial charge in [-0.1, -0.05) is 37.4 Å². The molecule has 1 aliphatic carbocycles. The molecule has 0 aromatic carbocycles. The molecule has 1 atom stereocenters. The second-order valence-electron chi connectivity index (χ2n) is 6.90. The molecule has 1 unspecified atom stereocenters. The molecule has 1 heterocycles. The highest BCUT2D eigenvalue weighted by molar-refractivity contribution is 7.10. The Morgan fingerprint density at radius 3 is 2.68 bits per heavy atom. The Balaban J connectivity index is 2.02. The maximum atomic E-state index is 3.83. The summed E-state index contributed by atoms with van der Waals surface area (Å²) in [4.78, 5) is 1.50. The van der Waals surface area contributed by atoms with Gasteiger partial charge in [-0.3, -0.25) is 0 Å². The highest BCUT2D eigenvalue weighted by Gasteiger charge is 2.27. The minimum absolute atomic E-state index is 0.537. The fraction of sp³-hybridized carbons (Fsp3) is 0.625. The van der Waals surface area contributed by atoms with Crippen LogP contribution < -0.4 is 5.32 Å². The van der Waals surface area contributed by atoms with Gasteiger partial charge >= 0.3 is 0 Å². The SMILES string of the molecule is C/C=C(\CC(NC1CC1)c1cccs1)C[Si](C)(C)C. The molecule has 2 rings (SSSR count). The van der Waals surface area contributed by atoms with Crippen LogP contribution in [0.4, 0.5) is 0 Å². The molecule has 0 spiro atoms. The van der Waals surface area contributed by atoms with Gasteiger partial charge in [-0.25, -0.2) is 0 Å². The van der Waals surface area contributed by atoms with Crippen molar-refractivity contribution in [1.82, 2.24) is 5.32 Å². The molecule has 1 aromatic heterocycles.